The van der Waals surface area contributed by atoms with Gasteiger partial charge in [-0.3, -0.25) is 0 Å². The van der Waals surface area contributed by atoms with Crippen molar-refractivity contribution in [2.24, 2.45) is 0 Å². The summed E-state index contributed by atoms with van der Waals surface area (Å²) in [6, 6.07) is 7.23. The molecule has 0 saturated heterocycles. The first-order chi connectivity index (χ1) is 9.51. The number of carboxylic acid groups (broad SMARTS) is 1. The van der Waals surface area contributed by atoms with Crippen molar-refractivity contribution < 1.29 is 14.3 Å². The van der Waals surface area contributed by atoms with E-state index in [2.05, 4.69) is 10.3 Å². The van der Waals surface area contributed by atoms with E-state index in [1.54, 1.807) is 0 Å². The van der Waals surface area contributed by atoms with Gasteiger partial charge in [-0.2, -0.15) is 5.26 Å². The minimum atomic E-state index is -1.32. The van der Waals surface area contributed by atoms with Gasteiger partial charge in [0.1, 0.15) is 17.2 Å². The Morgan fingerprint density at radius 1 is 1.45 bits per heavy atom. The predicted molar refractivity (Wildman–Crippen MR) is 70.6 cm³/mol. The SMILES string of the molecule is N#Cc1ccc(Nc2ncc(F)cc2C(=O)O)c(Cl)c1. The van der Waals surface area contributed by atoms with Crippen molar-refractivity contribution in [3.63, 3.8) is 0 Å². The molecule has 0 aliphatic heterocycles. The highest BCUT2D eigenvalue weighted by Crippen LogP contribution is 2.27. The molecule has 20 heavy (non-hydrogen) atoms. The number of anilines is 2. The molecular formula is C13H7ClFN3O2. The minimum Gasteiger partial charge on any atom is -0.478 e. The molecular weight excluding hydrogens is 285 g/mol. The summed E-state index contributed by atoms with van der Waals surface area (Å²) in [5, 5.41) is 20.7. The summed E-state index contributed by atoms with van der Waals surface area (Å²) in [6.45, 7) is 0. The van der Waals surface area contributed by atoms with Gasteiger partial charge in [0.25, 0.3) is 0 Å². The molecule has 1 heterocycles. The Labute approximate surface area is 118 Å². The maximum Gasteiger partial charge on any atom is 0.339 e. The second kappa shape index (κ2) is 5.55. The molecule has 0 aliphatic carbocycles. The fourth-order valence-electron chi connectivity index (χ4n) is 1.52. The summed E-state index contributed by atoms with van der Waals surface area (Å²) in [5.74, 6) is -2.10. The number of carbonyl (C=O) groups is 1. The van der Waals surface area contributed by atoms with E-state index in [9.17, 15) is 9.18 Å². The fraction of sp³-hybridized carbons (Fsp3) is 0. The standard InChI is InChI=1S/C13H7ClFN3O2/c14-10-3-7(5-16)1-2-11(10)18-12-9(13(19)20)4-8(15)6-17-12/h1-4,6H,(H,17,18)(H,19,20). The number of carboxylic acids is 1. The number of hydrogen-bond acceptors (Lipinski definition) is 4. The summed E-state index contributed by atoms with van der Waals surface area (Å²) in [7, 11) is 0. The van der Waals surface area contributed by atoms with Crippen LogP contribution in [0.1, 0.15) is 15.9 Å². The molecule has 100 valence electrons. The number of rotatable bonds is 3. The molecule has 2 rings (SSSR count). The van der Waals surface area contributed by atoms with Crippen molar-refractivity contribution in [1.29, 1.82) is 5.26 Å². The van der Waals surface area contributed by atoms with Crippen LogP contribution in [0.15, 0.2) is 30.5 Å². The molecule has 5 nitrogen and oxygen atoms in total. The zero-order chi connectivity index (χ0) is 14.7. The van der Waals surface area contributed by atoms with Gasteiger partial charge in [0.2, 0.25) is 0 Å². The Morgan fingerprint density at radius 3 is 2.80 bits per heavy atom. The molecule has 7 heteroatoms. The molecule has 0 bridgehead atoms. The number of aromatic carboxylic acids is 1. The van der Waals surface area contributed by atoms with Crippen LogP contribution in [0.25, 0.3) is 0 Å². The van der Waals surface area contributed by atoms with Crippen LogP contribution in [-0.4, -0.2) is 16.1 Å². The van der Waals surface area contributed by atoms with E-state index in [0.29, 0.717) is 11.3 Å². The monoisotopic (exact) mass is 291 g/mol. The van der Waals surface area contributed by atoms with Gasteiger partial charge < -0.3 is 10.4 Å². The van der Waals surface area contributed by atoms with Crippen molar-refractivity contribution in [2.75, 3.05) is 5.32 Å². The topological polar surface area (TPSA) is 86.0 Å². The van der Waals surface area contributed by atoms with Gasteiger partial charge in [-0.25, -0.2) is 14.2 Å². The van der Waals surface area contributed by atoms with Crippen LogP contribution in [0.2, 0.25) is 5.02 Å². The second-order valence-corrected chi connectivity index (χ2v) is 4.19. The van der Waals surface area contributed by atoms with E-state index in [0.717, 1.165) is 12.3 Å². The fourth-order valence-corrected chi connectivity index (χ4v) is 1.74. The van der Waals surface area contributed by atoms with E-state index in [4.69, 9.17) is 22.0 Å². The van der Waals surface area contributed by atoms with Gasteiger partial charge in [0.15, 0.2) is 0 Å². The number of nitriles is 1. The van der Waals surface area contributed by atoms with Crippen LogP contribution in [0.3, 0.4) is 0 Å². The molecule has 0 aliphatic rings. The summed E-state index contributed by atoms with van der Waals surface area (Å²) in [5.41, 5.74) is 0.420. The lowest BCUT2D eigenvalue weighted by Gasteiger charge is -2.10. The van der Waals surface area contributed by atoms with Gasteiger partial charge in [0, 0.05) is 0 Å². The van der Waals surface area contributed by atoms with E-state index >= 15 is 0 Å². The summed E-state index contributed by atoms with van der Waals surface area (Å²) < 4.78 is 13.0. The first-order valence-electron chi connectivity index (χ1n) is 5.37. The Morgan fingerprint density at radius 2 is 2.20 bits per heavy atom. The number of benzene rings is 1. The first kappa shape index (κ1) is 13.8. The van der Waals surface area contributed by atoms with Gasteiger partial charge in [-0.05, 0) is 24.3 Å². The summed E-state index contributed by atoms with van der Waals surface area (Å²) in [6.07, 6.45) is 0.895. The Hall–Kier alpha value is -2.65. The second-order valence-electron chi connectivity index (χ2n) is 3.79. The Bertz CT molecular complexity index is 728. The normalized spacial score (nSPS) is 9.85. The smallest absolute Gasteiger partial charge is 0.339 e. The van der Waals surface area contributed by atoms with Crippen LogP contribution >= 0.6 is 11.6 Å². The largest absolute Gasteiger partial charge is 0.478 e. The highest BCUT2D eigenvalue weighted by molar-refractivity contribution is 6.33. The molecule has 1 aromatic carbocycles. The Balaban J connectivity index is 2.40. The van der Waals surface area contributed by atoms with E-state index in [1.165, 1.54) is 18.2 Å². The number of nitrogens with one attached hydrogen (secondary N) is 1. The molecule has 2 aromatic rings. The molecule has 0 unspecified atom stereocenters. The van der Waals surface area contributed by atoms with Gasteiger partial charge in [0.05, 0.1) is 28.5 Å². The highest BCUT2D eigenvalue weighted by atomic mass is 35.5. The number of aromatic nitrogens is 1. The van der Waals surface area contributed by atoms with Crippen molar-refractivity contribution in [3.8, 4) is 6.07 Å². The highest BCUT2D eigenvalue weighted by Gasteiger charge is 2.14. The zero-order valence-corrected chi connectivity index (χ0v) is 10.6. The van der Waals surface area contributed by atoms with E-state index in [1.807, 2.05) is 6.07 Å². The molecule has 0 saturated carbocycles. The minimum absolute atomic E-state index is 0.0366. The summed E-state index contributed by atoms with van der Waals surface area (Å²) >= 11 is 5.96. The average Bonchev–Trinajstić information content (AvgIpc) is 2.42. The van der Waals surface area contributed by atoms with Crippen LogP contribution in [0.4, 0.5) is 15.9 Å². The van der Waals surface area contributed by atoms with E-state index < -0.39 is 11.8 Å². The van der Waals surface area contributed by atoms with E-state index in [-0.39, 0.29) is 16.4 Å². The zero-order valence-electron chi connectivity index (χ0n) is 9.89. The first-order valence-corrected chi connectivity index (χ1v) is 5.74. The Kier molecular flexibility index (Phi) is 3.82. The lowest BCUT2D eigenvalue weighted by molar-refractivity contribution is 0.0697. The maximum atomic E-state index is 13.0. The molecule has 1 aromatic heterocycles. The molecule has 0 radical (unpaired) electrons. The van der Waals surface area contributed by atoms with Gasteiger partial charge >= 0.3 is 5.97 Å². The molecule has 0 amide bonds. The third kappa shape index (κ3) is 2.84. The molecule has 0 fully saturated rings. The van der Waals surface area contributed by atoms with Gasteiger partial charge in [-0.15, -0.1) is 0 Å². The lowest BCUT2D eigenvalue weighted by atomic mass is 10.2. The lowest BCUT2D eigenvalue weighted by Crippen LogP contribution is -2.06. The van der Waals surface area contributed by atoms with Crippen LogP contribution in [-0.2, 0) is 0 Å². The number of hydrogen-bond donors (Lipinski definition) is 2. The summed E-state index contributed by atoms with van der Waals surface area (Å²) in [4.78, 5) is 14.7. The average molecular weight is 292 g/mol. The number of pyridine rings is 1. The molecule has 0 atom stereocenters. The van der Waals surface area contributed by atoms with Crippen LogP contribution in [0, 0.1) is 17.1 Å². The van der Waals surface area contributed by atoms with Crippen LogP contribution in [0.5, 0.6) is 0 Å². The quantitative estimate of drug-likeness (QED) is 0.907. The maximum absolute atomic E-state index is 13.0. The van der Waals surface area contributed by atoms with Crippen LogP contribution < -0.4 is 5.32 Å². The van der Waals surface area contributed by atoms with Crippen molar-refractivity contribution in [3.05, 3.63) is 52.4 Å². The predicted octanol–water partition coefficient (Wildman–Crippen LogP) is 3.19. The number of halogens is 2. The van der Waals surface area contributed by atoms with Crippen molar-refractivity contribution >= 4 is 29.1 Å². The van der Waals surface area contributed by atoms with Gasteiger partial charge in [-0.1, -0.05) is 11.6 Å². The third-order valence-corrected chi connectivity index (χ3v) is 2.75. The third-order valence-electron chi connectivity index (χ3n) is 2.44. The number of nitrogens with zero attached hydrogens (tertiary/aromatic N) is 2. The molecule has 2 N–H and O–H groups in total. The van der Waals surface area contributed by atoms with Crippen molar-refractivity contribution in [1.82, 2.24) is 4.98 Å². The molecule has 0 spiro atoms. The van der Waals surface area contributed by atoms with Crippen molar-refractivity contribution in [2.45, 2.75) is 0 Å².